The third kappa shape index (κ3) is 10.2. The van der Waals surface area contributed by atoms with Crippen molar-refractivity contribution >= 4 is 0 Å². The van der Waals surface area contributed by atoms with Crippen LogP contribution in [0.3, 0.4) is 0 Å². The number of nitriles is 3. The number of rotatable bonds is 15. The maximum Gasteiger partial charge on any atom is 0.0991 e. The molecule has 0 aromatic heterocycles. The SMILES string of the molecule is N#Cc1cccc(CNCCN(CCNCc2cccc(C#N)c2)CCNCc2cccc(C#N)c2)c1. The Morgan fingerprint density at radius 3 is 1.14 bits per heavy atom. The van der Waals surface area contributed by atoms with E-state index < -0.39 is 0 Å². The molecule has 37 heavy (non-hydrogen) atoms. The summed E-state index contributed by atoms with van der Waals surface area (Å²) in [6.07, 6.45) is 0. The fourth-order valence-corrected chi connectivity index (χ4v) is 4.00. The summed E-state index contributed by atoms with van der Waals surface area (Å²) in [4.78, 5) is 2.41. The highest BCUT2D eigenvalue weighted by molar-refractivity contribution is 5.34. The predicted octanol–water partition coefficient (Wildman–Crippen LogP) is 3.27. The first kappa shape index (κ1) is 27.6. The minimum Gasteiger partial charge on any atom is -0.311 e. The molecule has 3 aromatic carbocycles. The molecule has 0 fully saturated rings. The van der Waals surface area contributed by atoms with Crippen molar-refractivity contribution in [3.05, 3.63) is 106 Å². The predicted molar refractivity (Wildman–Crippen MR) is 145 cm³/mol. The summed E-state index contributed by atoms with van der Waals surface area (Å²) in [5, 5.41) is 37.7. The molecule has 3 aromatic rings. The average molecular weight is 492 g/mol. The van der Waals surface area contributed by atoms with Gasteiger partial charge < -0.3 is 16.0 Å². The lowest BCUT2D eigenvalue weighted by molar-refractivity contribution is 0.271. The van der Waals surface area contributed by atoms with E-state index in [1.165, 1.54) is 0 Å². The second-order valence-corrected chi connectivity index (χ2v) is 8.81. The number of nitrogens with zero attached hydrogens (tertiary/aromatic N) is 4. The van der Waals surface area contributed by atoms with Crippen molar-refractivity contribution in [1.29, 1.82) is 15.8 Å². The number of benzene rings is 3. The zero-order valence-corrected chi connectivity index (χ0v) is 21.1. The molecule has 0 unspecified atom stereocenters. The average Bonchev–Trinajstić information content (AvgIpc) is 2.95. The van der Waals surface area contributed by atoms with Gasteiger partial charge in [0.2, 0.25) is 0 Å². The molecule has 3 N–H and O–H groups in total. The Morgan fingerprint density at radius 2 is 0.838 bits per heavy atom. The van der Waals surface area contributed by atoms with Crippen LogP contribution in [0.2, 0.25) is 0 Å². The largest absolute Gasteiger partial charge is 0.311 e. The van der Waals surface area contributed by atoms with Crippen LogP contribution in [0.25, 0.3) is 0 Å². The Hall–Kier alpha value is -4.03. The van der Waals surface area contributed by atoms with E-state index in [2.05, 4.69) is 39.1 Å². The second kappa shape index (κ2) is 15.9. The maximum absolute atomic E-state index is 9.09. The first-order valence-electron chi connectivity index (χ1n) is 12.5. The molecule has 0 bridgehead atoms. The highest BCUT2D eigenvalue weighted by atomic mass is 15.2. The van der Waals surface area contributed by atoms with Crippen LogP contribution in [0, 0.1) is 34.0 Å². The molecule has 3 rings (SSSR count). The van der Waals surface area contributed by atoms with Crippen LogP contribution in [0.1, 0.15) is 33.4 Å². The van der Waals surface area contributed by atoms with Crippen molar-refractivity contribution in [2.45, 2.75) is 19.6 Å². The van der Waals surface area contributed by atoms with Crippen molar-refractivity contribution in [3.63, 3.8) is 0 Å². The molecular formula is C30H33N7. The van der Waals surface area contributed by atoms with E-state index >= 15 is 0 Å². The van der Waals surface area contributed by atoms with Crippen molar-refractivity contribution in [3.8, 4) is 18.2 Å². The Kier molecular flexibility index (Phi) is 11.8. The van der Waals surface area contributed by atoms with Gasteiger partial charge in [0.25, 0.3) is 0 Å². The minimum absolute atomic E-state index is 0.679. The third-order valence-electron chi connectivity index (χ3n) is 5.97. The van der Waals surface area contributed by atoms with Crippen LogP contribution < -0.4 is 16.0 Å². The number of hydrogen-bond acceptors (Lipinski definition) is 7. The number of hydrogen-bond donors (Lipinski definition) is 3. The molecule has 0 saturated heterocycles. The monoisotopic (exact) mass is 491 g/mol. The Balaban J connectivity index is 1.44. The van der Waals surface area contributed by atoms with Crippen molar-refractivity contribution < 1.29 is 0 Å². The molecule has 0 atom stereocenters. The fraction of sp³-hybridized carbons (Fsp3) is 0.300. The van der Waals surface area contributed by atoms with Gasteiger partial charge >= 0.3 is 0 Å². The Morgan fingerprint density at radius 1 is 0.514 bits per heavy atom. The standard InChI is InChI=1S/C30H33N7/c31-19-25-4-1-7-28(16-25)22-34-10-13-37(14-11-35-23-29-8-2-5-26(17-29)20-32)15-12-36-24-30-9-3-6-27(18-30)21-33/h1-9,16-18,34-36H,10-15,22-24H2. The van der Waals surface area contributed by atoms with Gasteiger partial charge in [-0.1, -0.05) is 36.4 Å². The maximum atomic E-state index is 9.09. The summed E-state index contributed by atoms with van der Waals surface area (Å²) in [5.74, 6) is 0. The van der Waals surface area contributed by atoms with Gasteiger partial charge in [0.05, 0.1) is 34.9 Å². The third-order valence-corrected chi connectivity index (χ3v) is 5.97. The van der Waals surface area contributed by atoms with Crippen LogP contribution in [0.5, 0.6) is 0 Å². The van der Waals surface area contributed by atoms with Gasteiger partial charge in [-0.05, 0) is 53.1 Å². The summed E-state index contributed by atoms with van der Waals surface area (Å²) in [5.41, 5.74) is 5.35. The molecule has 0 spiro atoms. The first-order valence-corrected chi connectivity index (χ1v) is 12.5. The Bertz CT molecular complexity index is 1090. The minimum atomic E-state index is 0.679. The first-order chi connectivity index (χ1) is 18.2. The topological polar surface area (TPSA) is 111 Å². The zero-order chi connectivity index (χ0) is 26.1. The van der Waals surface area contributed by atoms with Crippen molar-refractivity contribution in [2.75, 3.05) is 39.3 Å². The molecule has 0 saturated carbocycles. The summed E-state index contributed by atoms with van der Waals surface area (Å²) in [6.45, 7) is 7.39. The highest BCUT2D eigenvalue weighted by Gasteiger charge is 2.06. The quantitative estimate of drug-likeness (QED) is 0.280. The zero-order valence-electron chi connectivity index (χ0n) is 21.1. The van der Waals surface area contributed by atoms with Gasteiger partial charge in [-0.15, -0.1) is 0 Å². The summed E-state index contributed by atoms with van der Waals surface area (Å²) in [6, 6.07) is 29.6. The lowest BCUT2D eigenvalue weighted by atomic mass is 10.1. The van der Waals surface area contributed by atoms with E-state index in [1.54, 1.807) is 0 Å². The lowest BCUT2D eigenvalue weighted by Gasteiger charge is -2.23. The van der Waals surface area contributed by atoms with Crippen LogP contribution in [0.4, 0.5) is 0 Å². The van der Waals surface area contributed by atoms with Crippen molar-refractivity contribution in [1.82, 2.24) is 20.9 Å². The van der Waals surface area contributed by atoms with E-state index in [0.717, 1.165) is 75.6 Å². The van der Waals surface area contributed by atoms with Gasteiger partial charge in [0.1, 0.15) is 0 Å². The molecule has 0 amide bonds. The van der Waals surface area contributed by atoms with E-state index in [1.807, 2.05) is 72.8 Å². The van der Waals surface area contributed by atoms with Crippen LogP contribution >= 0.6 is 0 Å². The lowest BCUT2D eigenvalue weighted by Crippen LogP contribution is -2.40. The van der Waals surface area contributed by atoms with E-state index in [4.69, 9.17) is 15.8 Å². The van der Waals surface area contributed by atoms with Gasteiger partial charge in [0, 0.05) is 58.9 Å². The normalized spacial score (nSPS) is 10.5. The van der Waals surface area contributed by atoms with E-state index in [0.29, 0.717) is 16.7 Å². The molecule has 0 aliphatic carbocycles. The van der Waals surface area contributed by atoms with Crippen molar-refractivity contribution in [2.24, 2.45) is 0 Å². The number of nitrogens with one attached hydrogen (secondary N) is 3. The summed E-state index contributed by atoms with van der Waals surface area (Å²) >= 11 is 0. The Labute approximate surface area is 220 Å². The molecule has 188 valence electrons. The smallest absolute Gasteiger partial charge is 0.0991 e. The van der Waals surface area contributed by atoms with Gasteiger partial charge in [-0.3, -0.25) is 4.90 Å². The molecule has 7 nitrogen and oxygen atoms in total. The van der Waals surface area contributed by atoms with E-state index in [9.17, 15) is 0 Å². The van der Waals surface area contributed by atoms with Crippen LogP contribution in [0.15, 0.2) is 72.8 Å². The van der Waals surface area contributed by atoms with Crippen LogP contribution in [-0.4, -0.2) is 44.2 Å². The molecule has 7 heteroatoms. The summed E-state index contributed by atoms with van der Waals surface area (Å²) in [7, 11) is 0. The molecular weight excluding hydrogens is 458 g/mol. The van der Waals surface area contributed by atoms with Crippen LogP contribution in [-0.2, 0) is 19.6 Å². The van der Waals surface area contributed by atoms with Gasteiger partial charge in [-0.25, -0.2) is 0 Å². The second-order valence-electron chi connectivity index (χ2n) is 8.81. The molecule has 0 radical (unpaired) electrons. The molecule has 0 aliphatic heterocycles. The summed E-state index contributed by atoms with van der Waals surface area (Å²) < 4.78 is 0. The highest BCUT2D eigenvalue weighted by Crippen LogP contribution is 2.05. The fourth-order valence-electron chi connectivity index (χ4n) is 4.00. The van der Waals surface area contributed by atoms with Gasteiger partial charge in [-0.2, -0.15) is 15.8 Å². The molecule has 0 aliphatic rings. The molecule has 0 heterocycles. The van der Waals surface area contributed by atoms with E-state index in [-0.39, 0.29) is 0 Å². The van der Waals surface area contributed by atoms with Gasteiger partial charge in [0.15, 0.2) is 0 Å².